The summed E-state index contributed by atoms with van der Waals surface area (Å²) in [5.41, 5.74) is 6.55. The molecule has 1 atom stereocenters. The van der Waals surface area contributed by atoms with Gasteiger partial charge in [-0.1, -0.05) is 20.8 Å². The van der Waals surface area contributed by atoms with Crippen molar-refractivity contribution >= 4 is 0 Å². The Hall–Kier alpha value is -0.120. The fraction of sp³-hybridized carbons (Fsp3) is 1.00. The van der Waals surface area contributed by atoms with Crippen LogP contribution >= 0.6 is 0 Å². The number of piperidine rings is 1. The van der Waals surface area contributed by atoms with Crippen LogP contribution in [-0.2, 0) is 4.74 Å². The molecule has 1 rings (SSSR count). The van der Waals surface area contributed by atoms with Gasteiger partial charge in [-0.15, -0.1) is 0 Å². The number of likely N-dealkylation sites (tertiary alicyclic amines) is 1. The fourth-order valence-corrected chi connectivity index (χ4v) is 2.67. The zero-order valence-electron chi connectivity index (χ0n) is 12.0. The molecule has 1 heterocycles. The molecule has 0 aromatic rings. The van der Waals surface area contributed by atoms with E-state index in [1.165, 1.54) is 25.9 Å². The zero-order valence-corrected chi connectivity index (χ0v) is 12.0. The van der Waals surface area contributed by atoms with Crippen molar-refractivity contribution in [3.8, 4) is 0 Å². The van der Waals surface area contributed by atoms with Gasteiger partial charge in [0.25, 0.3) is 0 Å². The smallest absolute Gasteiger partial charge is 0.0477 e. The molecule has 1 aliphatic rings. The predicted octanol–water partition coefficient (Wildman–Crippen LogP) is 2.11. The van der Waals surface area contributed by atoms with E-state index in [1.807, 2.05) is 0 Å². The maximum absolute atomic E-state index is 6.09. The molecule has 0 saturated carbocycles. The molecular formula is C14H30N2O. The number of hydrogen-bond acceptors (Lipinski definition) is 3. The Morgan fingerprint density at radius 2 is 1.88 bits per heavy atom. The van der Waals surface area contributed by atoms with Crippen molar-refractivity contribution in [2.75, 3.05) is 33.4 Å². The summed E-state index contributed by atoms with van der Waals surface area (Å²) in [4.78, 5) is 2.52. The van der Waals surface area contributed by atoms with Crippen LogP contribution in [0.5, 0.6) is 0 Å². The Morgan fingerprint density at radius 1 is 1.29 bits per heavy atom. The van der Waals surface area contributed by atoms with Gasteiger partial charge in [-0.2, -0.15) is 0 Å². The first-order chi connectivity index (χ1) is 7.93. The van der Waals surface area contributed by atoms with E-state index >= 15 is 0 Å². The number of hydrogen-bond donors (Lipinski definition) is 1. The summed E-state index contributed by atoms with van der Waals surface area (Å²) in [7, 11) is 1.74. The van der Waals surface area contributed by atoms with Crippen LogP contribution in [0.1, 0.15) is 40.0 Å². The molecule has 0 amide bonds. The first-order valence-electron chi connectivity index (χ1n) is 6.90. The van der Waals surface area contributed by atoms with Gasteiger partial charge in [0.05, 0.1) is 0 Å². The van der Waals surface area contributed by atoms with Crippen LogP contribution in [-0.4, -0.2) is 44.3 Å². The summed E-state index contributed by atoms with van der Waals surface area (Å²) in [6.45, 7) is 11.3. The monoisotopic (exact) mass is 242 g/mol. The van der Waals surface area contributed by atoms with Crippen molar-refractivity contribution in [2.45, 2.75) is 46.1 Å². The Balaban J connectivity index is 2.23. The molecule has 0 aromatic heterocycles. The average Bonchev–Trinajstić information content (AvgIpc) is 2.26. The van der Waals surface area contributed by atoms with Gasteiger partial charge in [-0.25, -0.2) is 0 Å². The Kier molecular flexibility index (Phi) is 5.90. The van der Waals surface area contributed by atoms with E-state index in [9.17, 15) is 0 Å². The minimum atomic E-state index is 0.265. The van der Waals surface area contributed by atoms with E-state index in [0.717, 1.165) is 25.5 Å². The quantitative estimate of drug-likeness (QED) is 0.802. The molecule has 1 unspecified atom stereocenters. The highest BCUT2D eigenvalue weighted by Crippen LogP contribution is 2.34. The lowest BCUT2D eigenvalue weighted by atomic mass is 9.75. The van der Waals surface area contributed by atoms with Crippen molar-refractivity contribution in [2.24, 2.45) is 17.1 Å². The van der Waals surface area contributed by atoms with E-state index in [-0.39, 0.29) is 6.04 Å². The van der Waals surface area contributed by atoms with E-state index < -0.39 is 0 Å². The average molecular weight is 242 g/mol. The normalized spacial score (nSPS) is 21.7. The summed E-state index contributed by atoms with van der Waals surface area (Å²) in [6.07, 6.45) is 3.61. The molecule has 0 aliphatic carbocycles. The van der Waals surface area contributed by atoms with Crippen LogP contribution in [0.4, 0.5) is 0 Å². The first kappa shape index (κ1) is 14.9. The molecule has 0 spiro atoms. The van der Waals surface area contributed by atoms with Crippen molar-refractivity contribution in [1.82, 2.24) is 4.90 Å². The number of nitrogens with two attached hydrogens (primary N) is 1. The van der Waals surface area contributed by atoms with Gasteiger partial charge in [-0.05, 0) is 43.7 Å². The summed E-state index contributed by atoms with van der Waals surface area (Å²) in [5.74, 6) is 0.869. The van der Waals surface area contributed by atoms with Gasteiger partial charge >= 0.3 is 0 Å². The molecule has 17 heavy (non-hydrogen) atoms. The molecule has 102 valence electrons. The molecule has 0 bridgehead atoms. The number of methoxy groups -OCH3 is 1. The van der Waals surface area contributed by atoms with Crippen LogP contribution in [0.15, 0.2) is 0 Å². The van der Waals surface area contributed by atoms with Crippen LogP contribution in [0.25, 0.3) is 0 Å². The third kappa shape index (κ3) is 5.36. The van der Waals surface area contributed by atoms with E-state index in [4.69, 9.17) is 10.5 Å². The lowest BCUT2D eigenvalue weighted by molar-refractivity contribution is 0.103. The first-order valence-corrected chi connectivity index (χ1v) is 6.90. The second kappa shape index (κ2) is 6.72. The number of nitrogens with zero attached hydrogens (tertiary/aromatic N) is 1. The lowest BCUT2D eigenvalue weighted by Gasteiger charge is -2.39. The van der Waals surface area contributed by atoms with Gasteiger partial charge in [0.15, 0.2) is 0 Å². The van der Waals surface area contributed by atoms with Gasteiger partial charge < -0.3 is 15.4 Å². The second-order valence-electron chi connectivity index (χ2n) is 6.48. The highest BCUT2D eigenvalue weighted by molar-refractivity contribution is 4.82. The van der Waals surface area contributed by atoms with Crippen molar-refractivity contribution < 1.29 is 4.74 Å². The summed E-state index contributed by atoms with van der Waals surface area (Å²) in [6, 6.07) is 0.265. The lowest BCUT2D eigenvalue weighted by Crippen LogP contribution is -2.44. The minimum absolute atomic E-state index is 0.265. The largest absolute Gasteiger partial charge is 0.385 e. The molecule has 3 heteroatoms. The molecular weight excluding hydrogens is 212 g/mol. The van der Waals surface area contributed by atoms with Crippen molar-refractivity contribution in [3.63, 3.8) is 0 Å². The van der Waals surface area contributed by atoms with Crippen LogP contribution in [0.3, 0.4) is 0 Å². The standard InChI is InChI=1S/C14H30N2O/c1-14(2,3)12-5-8-16(9-6-12)11-13(15)7-10-17-4/h12-13H,5-11,15H2,1-4H3. The molecule has 3 nitrogen and oxygen atoms in total. The molecule has 1 saturated heterocycles. The summed E-state index contributed by atoms with van der Waals surface area (Å²) >= 11 is 0. The minimum Gasteiger partial charge on any atom is -0.385 e. The molecule has 2 N–H and O–H groups in total. The van der Waals surface area contributed by atoms with Crippen LogP contribution in [0.2, 0.25) is 0 Å². The molecule has 1 fully saturated rings. The third-order valence-electron chi connectivity index (χ3n) is 4.00. The third-order valence-corrected chi connectivity index (χ3v) is 4.00. The van der Waals surface area contributed by atoms with E-state index in [2.05, 4.69) is 25.7 Å². The fourth-order valence-electron chi connectivity index (χ4n) is 2.67. The van der Waals surface area contributed by atoms with Gasteiger partial charge in [0.2, 0.25) is 0 Å². The number of rotatable bonds is 5. The maximum Gasteiger partial charge on any atom is 0.0477 e. The SMILES string of the molecule is COCCC(N)CN1CCC(C(C)(C)C)CC1. The maximum atomic E-state index is 6.09. The zero-order chi connectivity index (χ0) is 12.9. The van der Waals surface area contributed by atoms with Gasteiger partial charge in [0.1, 0.15) is 0 Å². The summed E-state index contributed by atoms with van der Waals surface area (Å²) in [5, 5.41) is 0. The van der Waals surface area contributed by atoms with E-state index in [0.29, 0.717) is 5.41 Å². The van der Waals surface area contributed by atoms with Gasteiger partial charge in [0, 0.05) is 26.3 Å². The second-order valence-corrected chi connectivity index (χ2v) is 6.48. The van der Waals surface area contributed by atoms with Gasteiger partial charge in [-0.3, -0.25) is 0 Å². The molecule has 0 aromatic carbocycles. The van der Waals surface area contributed by atoms with Crippen molar-refractivity contribution in [3.05, 3.63) is 0 Å². The highest BCUT2D eigenvalue weighted by Gasteiger charge is 2.28. The topological polar surface area (TPSA) is 38.5 Å². The Morgan fingerprint density at radius 3 is 2.35 bits per heavy atom. The predicted molar refractivity (Wildman–Crippen MR) is 73.1 cm³/mol. The highest BCUT2D eigenvalue weighted by atomic mass is 16.5. The van der Waals surface area contributed by atoms with Crippen LogP contribution in [0, 0.1) is 11.3 Å². The molecule has 0 radical (unpaired) electrons. The molecule has 1 aliphatic heterocycles. The summed E-state index contributed by atoms with van der Waals surface area (Å²) < 4.78 is 5.06. The van der Waals surface area contributed by atoms with Crippen molar-refractivity contribution in [1.29, 1.82) is 0 Å². The van der Waals surface area contributed by atoms with E-state index in [1.54, 1.807) is 7.11 Å². The Bertz CT molecular complexity index is 205. The Labute approximate surface area is 107 Å². The van der Waals surface area contributed by atoms with Crippen LogP contribution < -0.4 is 5.73 Å². The number of ether oxygens (including phenoxy) is 1.